The van der Waals surface area contributed by atoms with E-state index in [1.165, 1.54) is 175 Å². The smallest absolute Gasteiger partial charge is 0.226 e. The van der Waals surface area contributed by atoms with Crippen molar-refractivity contribution < 1.29 is 93.3 Å². The van der Waals surface area contributed by atoms with Crippen molar-refractivity contribution in [3.63, 3.8) is 0 Å². The minimum atomic E-state index is -0.180. The molecule has 0 nitrogen and oxygen atoms in total. The van der Waals surface area contributed by atoms with Gasteiger partial charge in [0.2, 0.25) is 0 Å². The second-order valence-electron chi connectivity index (χ2n) is 32.4. The van der Waals surface area contributed by atoms with Crippen molar-refractivity contribution in [2.75, 3.05) is 0 Å². The van der Waals surface area contributed by atoms with Gasteiger partial charge in [0.05, 0.1) is 10.8 Å². The second-order valence-corrected chi connectivity index (χ2v) is 32.4. The fourth-order valence-corrected chi connectivity index (χ4v) is 20.6. The maximum Gasteiger partial charge on any atom is 2.00 e. The Labute approximate surface area is 825 Å². The summed E-state index contributed by atoms with van der Waals surface area (Å²) >= 11 is 0. The Morgan fingerprint density at radius 2 is 0.256 bits per heavy atom. The average Bonchev–Trinajstić information content (AvgIpc) is 1.55. The minimum Gasteiger partial charge on any atom is -0.226 e. The molecule has 0 fully saturated rings. The van der Waals surface area contributed by atoms with Crippen molar-refractivity contribution in [3.8, 4) is 77.9 Å². The van der Waals surface area contributed by atoms with E-state index >= 15 is 0 Å². The summed E-state index contributed by atoms with van der Waals surface area (Å²) in [5.74, 6) is 0. The summed E-state index contributed by atoms with van der Waals surface area (Å²) in [5, 5.41) is 21.8. The van der Waals surface area contributed by atoms with Gasteiger partial charge in [0.25, 0.3) is 0 Å². The zero-order valence-corrected chi connectivity index (χ0v) is 83.2. The molecule has 0 aliphatic heterocycles. The Morgan fingerprint density at radius 3 is 0.388 bits per heavy atom. The van der Waals surface area contributed by atoms with Gasteiger partial charge < -0.3 is 0 Å². The van der Waals surface area contributed by atoms with Crippen molar-refractivity contribution in [3.05, 3.63) is 566 Å². The third-order valence-electron chi connectivity index (χ3n) is 25.7. The van der Waals surface area contributed by atoms with E-state index in [0.717, 1.165) is 33.4 Å². The summed E-state index contributed by atoms with van der Waals surface area (Å²) in [7, 11) is 0. The van der Waals surface area contributed by atoms with E-state index in [9.17, 15) is 0 Å². The standard InChI is InChI=1S/2C25H16.2C20H12.3C12H8.3U/c2*1-5-13-21-17(9-1)18-10-2-6-14-22(18)25(21)23-15-7-3-11-19(23)20-12-4-8-16-24(20)25;2*1-5-13-6-2-11-17-18-12-4-8-14-7-3-10-16(20(14)18)15(9-1)19(13)17;3*1-3-7-11(8-4-1)12-9-5-2-6-10-12;;;/h2*1-16H;2*1-12H;3*1-7,9H;;;/q;;;;3*-2;3*+2. The third kappa shape index (κ3) is 15.2. The Hall–Kier alpha value is -13.0. The van der Waals surface area contributed by atoms with Gasteiger partial charge in [-0.15, -0.1) is 36.4 Å². The molecule has 129 heavy (non-hydrogen) atoms. The van der Waals surface area contributed by atoms with Crippen LogP contribution in [0.4, 0.5) is 0 Å². The molecule has 3 heteroatoms. The normalized spacial score (nSPS) is 12.1. The first-order chi connectivity index (χ1) is 62.6. The first kappa shape index (κ1) is 85.5. The van der Waals surface area contributed by atoms with Crippen molar-refractivity contribution in [1.82, 2.24) is 0 Å². The molecule has 4 aliphatic carbocycles. The Morgan fingerprint density at radius 1 is 0.124 bits per heavy atom. The van der Waals surface area contributed by atoms with Gasteiger partial charge in [0, 0.05) is 0 Å². The molecule has 0 saturated carbocycles. The number of hydrogen-bond donors (Lipinski definition) is 0. The molecule has 0 bridgehead atoms. The van der Waals surface area contributed by atoms with Crippen LogP contribution in [0.2, 0.25) is 0 Å². The molecule has 2 spiro atoms. The van der Waals surface area contributed by atoms with Crippen LogP contribution in [0.25, 0.3) is 164 Å². The van der Waals surface area contributed by atoms with Gasteiger partial charge in [-0.2, -0.15) is 146 Å². The summed E-state index contributed by atoms with van der Waals surface area (Å²) in [6, 6.07) is 191. The quantitative estimate of drug-likeness (QED) is 0.0940. The van der Waals surface area contributed by atoms with Crippen LogP contribution in [0, 0.1) is 130 Å². The van der Waals surface area contributed by atoms with Crippen LogP contribution in [-0.2, 0) is 10.8 Å². The molecule has 596 valence electrons. The summed E-state index contributed by atoms with van der Waals surface area (Å²) in [5.41, 5.74) is 28.4. The van der Waals surface area contributed by atoms with E-state index in [2.05, 4.69) is 376 Å². The summed E-state index contributed by atoms with van der Waals surface area (Å²) in [4.78, 5) is 0. The van der Waals surface area contributed by atoms with Crippen LogP contribution in [-0.4, -0.2) is 0 Å². The summed E-state index contributed by atoms with van der Waals surface area (Å²) in [6.07, 6.45) is 0. The van der Waals surface area contributed by atoms with Gasteiger partial charge in [-0.1, -0.05) is 340 Å². The Bertz CT molecular complexity index is 6700. The minimum absolute atomic E-state index is 0. The van der Waals surface area contributed by atoms with Gasteiger partial charge in [-0.3, -0.25) is 0 Å². The zero-order chi connectivity index (χ0) is 83.8. The van der Waals surface area contributed by atoms with Crippen molar-refractivity contribution in [2.24, 2.45) is 0 Å². The van der Waals surface area contributed by atoms with E-state index in [0.29, 0.717) is 0 Å². The number of fused-ring (bicyclic) bond motifs is 24. The van der Waals surface area contributed by atoms with Crippen molar-refractivity contribution in [1.29, 1.82) is 0 Å². The summed E-state index contributed by atoms with van der Waals surface area (Å²) < 4.78 is 0. The monoisotopic (exact) mass is 2310 g/mol. The SMILES string of the molecule is [U+2].[U+2].[U+2].[c-]1ccccc1-c1[c-]cccc1.[c-]1ccccc1-c1[c-]cccc1.[c-]1ccccc1-c1[c-]cccc1.c1cc2cccc3c4cccc5cccc(c(c1)c23)c54.c1cc2cccc3c4cccc5cccc(c(c1)c23)c54.c1ccc2c(c1)-c1ccccc1C21c2ccccc2-c2ccccc21.c1ccc2c(c1)-c1ccccc1C21c2ccccc2-c2ccccc21. The third-order valence-corrected chi connectivity index (χ3v) is 25.7. The van der Waals surface area contributed by atoms with Crippen LogP contribution in [0.5, 0.6) is 0 Å². The number of rotatable bonds is 3. The maximum absolute atomic E-state index is 3.15. The average molecular weight is 2310 g/mol. The zero-order valence-electron chi connectivity index (χ0n) is 70.7. The van der Waals surface area contributed by atoms with E-state index in [1.54, 1.807) is 0 Å². The van der Waals surface area contributed by atoms with Crippen molar-refractivity contribution >= 4 is 86.2 Å². The van der Waals surface area contributed by atoms with Gasteiger partial charge >= 0.3 is 93.3 Å². The van der Waals surface area contributed by atoms with Crippen LogP contribution in [0.1, 0.15) is 44.5 Å². The molecule has 0 N–H and O–H groups in total. The van der Waals surface area contributed by atoms with Crippen LogP contribution in [0.15, 0.2) is 485 Å². The molecule has 0 saturated heterocycles. The summed E-state index contributed by atoms with van der Waals surface area (Å²) in [6.45, 7) is 0. The predicted octanol–water partition coefficient (Wildman–Crippen LogP) is 32.4. The van der Waals surface area contributed by atoms with E-state index in [4.69, 9.17) is 0 Å². The number of benzene rings is 24. The topological polar surface area (TPSA) is 0 Å². The van der Waals surface area contributed by atoms with Crippen LogP contribution >= 0.6 is 0 Å². The molecule has 24 aromatic rings. The second kappa shape index (κ2) is 37.8. The van der Waals surface area contributed by atoms with Gasteiger partial charge in [0.15, 0.2) is 0 Å². The van der Waals surface area contributed by atoms with Gasteiger partial charge in [-0.05, 0) is 175 Å². The molecule has 0 atom stereocenters. The fourth-order valence-electron chi connectivity index (χ4n) is 20.6. The molecule has 28 rings (SSSR count). The van der Waals surface area contributed by atoms with Crippen LogP contribution in [0.3, 0.4) is 0 Å². The molecular formula is C126H80U3. The molecule has 0 heterocycles. The molecule has 0 aromatic heterocycles. The van der Waals surface area contributed by atoms with Crippen molar-refractivity contribution in [2.45, 2.75) is 10.8 Å². The molecule has 0 unspecified atom stereocenters. The van der Waals surface area contributed by atoms with E-state index < -0.39 is 0 Å². The van der Waals surface area contributed by atoms with E-state index in [-0.39, 0.29) is 104 Å². The first-order valence-electron chi connectivity index (χ1n) is 43.3. The van der Waals surface area contributed by atoms with Crippen LogP contribution < -0.4 is 0 Å². The molecule has 4 aliphatic rings. The van der Waals surface area contributed by atoms with Gasteiger partial charge in [0.1, 0.15) is 0 Å². The largest absolute Gasteiger partial charge is 2.00 e. The number of hydrogen-bond acceptors (Lipinski definition) is 0. The van der Waals surface area contributed by atoms with Gasteiger partial charge in [-0.25, -0.2) is 33.4 Å². The molecule has 0 radical (unpaired) electrons. The maximum atomic E-state index is 3.15. The Kier molecular flexibility index (Phi) is 25.0. The Balaban J connectivity index is 0.0000000993. The predicted molar refractivity (Wildman–Crippen MR) is 529 cm³/mol. The molecule has 0 amide bonds. The van der Waals surface area contributed by atoms with E-state index in [1.807, 2.05) is 146 Å². The first-order valence-corrected chi connectivity index (χ1v) is 43.3. The fraction of sp³-hybridized carbons (Fsp3) is 0.0159. The molecule has 24 aromatic carbocycles. The molecular weight excluding hydrogens is 2230 g/mol.